The summed E-state index contributed by atoms with van der Waals surface area (Å²) in [6, 6.07) is 0.495. The predicted molar refractivity (Wildman–Crippen MR) is 71.2 cm³/mol. The van der Waals surface area contributed by atoms with Crippen LogP contribution in [0.15, 0.2) is 0 Å². The summed E-state index contributed by atoms with van der Waals surface area (Å²) in [7, 11) is 0. The van der Waals surface area contributed by atoms with Gasteiger partial charge >= 0.3 is 0 Å². The lowest BCUT2D eigenvalue weighted by atomic mass is 9.82. The Bertz CT molecular complexity index is 283. The summed E-state index contributed by atoms with van der Waals surface area (Å²) < 4.78 is 5.45. The Balaban J connectivity index is 1.89. The largest absolute Gasteiger partial charge is 0.377 e. The number of nitrogens with zero attached hydrogens (tertiary/aromatic N) is 1. The molecule has 0 spiro atoms. The normalized spacial score (nSPS) is 33.4. The van der Waals surface area contributed by atoms with Crippen LogP contribution < -0.4 is 5.73 Å². The lowest BCUT2D eigenvalue weighted by Crippen LogP contribution is -2.49. The molecule has 18 heavy (non-hydrogen) atoms. The molecule has 0 bridgehead atoms. The van der Waals surface area contributed by atoms with E-state index in [4.69, 9.17) is 10.5 Å². The molecule has 2 fully saturated rings. The van der Waals surface area contributed by atoms with E-state index in [0.717, 1.165) is 25.8 Å². The minimum absolute atomic E-state index is 0.226. The highest BCUT2D eigenvalue weighted by Crippen LogP contribution is 2.27. The Hall–Kier alpha value is -0.610. The van der Waals surface area contributed by atoms with Crippen molar-refractivity contribution in [1.29, 1.82) is 0 Å². The Morgan fingerprint density at radius 3 is 2.89 bits per heavy atom. The van der Waals surface area contributed by atoms with Crippen molar-refractivity contribution in [2.24, 2.45) is 11.7 Å². The molecule has 1 heterocycles. The fourth-order valence-corrected chi connectivity index (χ4v) is 3.15. The number of hydrogen-bond donors (Lipinski definition) is 1. The van der Waals surface area contributed by atoms with Gasteiger partial charge in [0.25, 0.3) is 0 Å². The summed E-state index contributed by atoms with van der Waals surface area (Å²) in [5, 5.41) is 0. The number of ether oxygens (including phenoxy) is 1. The maximum Gasteiger partial charge on any atom is 0.223 e. The third-order valence-electron chi connectivity index (χ3n) is 4.42. The van der Waals surface area contributed by atoms with Gasteiger partial charge in [0.1, 0.15) is 0 Å². The van der Waals surface area contributed by atoms with Crippen LogP contribution in [0.4, 0.5) is 0 Å². The molecular weight excluding hydrogens is 228 g/mol. The second-order valence-corrected chi connectivity index (χ2v) is 5.64. The minimum Gasteiger partial charge on any atom is -0.377 e. The van der Waals surface area contributed by atoms with Crippen LogP contribution in [0.25, 0.3) is 0 Å². The number of morpholine rings is 1. The average molecular weight is 254 g/mol. The first-order chi connectivity index (χ1) is 8.72. The summed E-state index contributed by atoms with van der Waals surface area (Å²) in [6.45, 7) is 4.24. The zero-order chi connectivity index (χ0) is 13.0. The van der Waals surface area contributed by atoms with Gasteiger partial charge in [-0.1, -0.05) is 19.8 Å². The van der Waals surface area contributed by atoms with E-state index in [2.05, 4.69) is 6.92 Å². The number of nitrogens with two attached hydrogens (primary N) is 1. The summed E-state index contributed by atoms with van der Waals surface area (Å²) in [6.07, 6.45) is 6.26. The van der Waals surface area contributed by atoms with Crippen molar-refractivity contribution < 1.29 is 9.53 Å². The van der Waals surface area contributed by atoms with Gasteiger partial charge < -0.3 is 15.4 Å². The number of amides is 1. The summed E-state index contributed by atoms with van der Waals surface area (Å²) in [4.78, 5) is 14.4. The highest BCUT2D eigenvalue weighted by atomic mass is 16.5. The van der Waals surface area contributed by atoms with Crippen LogP contribution in [0.2, 0.25) is 0 Å². The highest BCUT2D eigenvalue weighted by Gasteiger charge is 2.30. The lowest BCUT2D eigenvalue weighted by Gasteiger charge is -2.37. The molecule has 1 saturated heterocycles. The van der Waals surface area contributed by atoms with Gasteiger partial charge in [0.05, 0.1) is 19.3 Å². The van der Waals surface area contributed by atoms with Crippen LogP contribution in [-0.2, 0) is 9.53 Å². The lowest BCUT2D eigenvalue weighted by molar-refractivity contribution is -0.141. The minimum atomic E-state index is 0.226. The van der Waals surface area contributed by atoms with Crippen LogP contribution in [0, 0.1) is 5.92 Å². The van der Waals surface area contributed by atoms with Crippen molar-refractivity contribution in [1.82, 2.24) is 4.90 Å². The van der Waals surface area contributed by atoms with E-state index in [9.17, 15) is 4.79 Å². The quantitative estimate of drug-likeness (QED) is 0.831. The van der Waals surface area contributed by atoms with Gasteiger partial charge in [-0.15, -0.1) is 0 Å². The van der Waals surface area contributed by atoms with E-state index >= 15 is 0 Å². The van der Waals surface area contributed by atoms with Gasteiger partial charge in [-0.25, -0.2) is 0 Å². The van der Waals surface area contributed by atoms with E-state index in [-0.39, 0.29) is 18.0 Å². The Morgan fingerprint density at radius 1 is 1.39 bits per heavy atom. The van der Waals surface area contributed by atoms with Crippen molar-refractivity contribution in [3.05, 3.63) is 0 Å². The molecule has 2 rings (SSSR count). The fraction of sp³-hybridized carbons (Fsp3) is 0.929. The van der Waals surface area contributed by atoms with Crippen LogP contribution in [0.1, 0.15) is 45.4 Å². The van der Waals surface area contributed by atoms with E-state index in [1.54, 1.807) is 0 Å². The molecular formula is C14H26N2O2. The van der Waals surface area contributed by atoms with E-state index in [1.165, 1.54) is 12.8 Å². The second kappa shape index (κ2) is 6.53. The van der Waals surface area contributed by atoms with Gasteiger partial charge in [0, 0.05) is 19.0 Å². The number of hydrogen-bond acceptors (Lipinski definition) is 3. The third kappa shape index (κ3) is 3.23. The van der Waals surface area contributed by atoms with Crippen LogP contribution in [-0.4, -0.2) is 42.6 Å². The van der Waals surface area contributed by atoms with Gasteiger partial charge in [0.2, 0.25) is 5.91 Å². The molecule has 3 unspecified atom stereocenters. The molecule has 104 valence electrons. The second-order valence-electron chi connectivity index (χ2n) is 5.64. The Labute approximate surface area is 110 Å². The van der Waals surface area contributed by atoms with Crippen molar-refractivity contribution in [3.8, 4) is 0 Å². The summed E-state index contributed by atoms with van der Waals surface area (Å²) in [5.41, 5.74) is 6.13. The van der Waals surface area contributed by atoms with Gasteiger partial charge in [-0.2, -0.15) is 0 Å². The molecule has 1 saturated carbocycles. The molecule has 0 radical (unpaired) electrons. The molecule has 4 nitrogen and oxygen atoms in total. The monoisotopic (exact) mass is 254 g/mol. The molecule has 2 aliphatic rings. The van der Waals surface area contributed by atoms with Crippen molar-refractivity contribution in [3.63, 3.8) is 0 Å². The van der Waals surface area contributed by atoms with Crippen LogP contribution >= 0.6 is 0 Å². The SMILES string of the molecule is CCC1COCCN1C(=O)CC1CCCCC1N. The molecule has 3 atom stereocenters. The Kier molecular flexibility index (Phi) is 5.01. The standard InChI is InChI=1S/C14H26N2O2/c1-2-12-10-18-8-7-16(12)14(17)9-11-5-3-4-6-13(11)15/h11-13H,2-10,15H2,1H3. The average Bonchev–Trinajstić information content (AvgIpc) is 2.41. The van der Waals surface area contributed by atoms with E-state index in [1.807, 2.05) is 4.90 Å². The first-order valence-corrected chi connectivity index (χ1v) is 7.35. The zero-order valence-electron chi connectivity index (χ0n) is 11.4. The summed E-state index contributed by atoms with van der Waals surface area (Å²) in [5.74, 6) is 0.680. The molecule has 0 aromatic heterocycles. The highest BCUT2D eigenvalue weighted by molar-refractivity contribution is 5.77. The maximum atomic E-state index is 12.4. The molecule has 1 aliphatic heterocycles. The zero-order valence-corrected chi connectivity index (χ0v) is 11.4. The topological polar surface area (TPSA) is 55.6 Å². The summed E-state index contributed by atoms with van der Waals surface area (Å²) >= 11 is 0. The van der Waals surface area contributed by atoms with Crippen molar-refractivity contribution >= 4 is 5.91 Å². The third-order valence-corrected chi connectivity index (χ3v) is 4.42. The van der Waals surface area contributed by atoms with Crippen molar-refractivity contribution in [2.45, 2.75) is 57.5 Å². The van der Waals surface area contributed by atoms with Gasteiger partial charge in [0.15, 0.2) is 0 Å². The maximum absolute atomic E-state index is 12.4. The van der Waals surface area contributed by atoms with Crippen LogP contribution in [0.3, 0.4) is 0 Å². The molecule has 1 aliphatic carbocycles. The number of carbonyl (C=O) groups is 1. The molecule has 2 N–H and O–H groups in total. The number of carbonyl (C=O) groups excluding carboxylic acids is 1. The molecule has 1 amide bonds. The Morgan fingerprint density at radius 2 is 2.17 bits per heavy atom. The predicted octanol–water partition coefficient (Wildman–Crippen LogP) is 1.53. The van der Waals surface area contributed by atoms with Crippen molar-refractivity contribution in [2.75, 3.05) is 19.8 Å². The number of rotatable bonds is 3. The van der Waals surface area contributed by atoms with E-state index < -0.39 is 0 Å². The smallest absolute Gasteiger partial charge is 0.223 e. The fourth-order valence-electron chi connectivity index (χ4n) is 3.15. The molecule has 0 aromatic rings. The first kappa shape index (κ1) is 13.8. The molecule has 4 heteroatoms. The first-order valence-electron chi connectivity index (χ1n) is 7.35. The molecule has 0 aromatic carbocycles. The van der Waals surface area contributed by atoms with Crippen LogP contribution in [0.5, 0.6) is 0 Å². The van der Waals surface area contributed by atoms with Gasteiger partial charge in [-0.05, 0) is 25.2 Å². The van der Waals surface area contributed by atoms with Gasteiger partial charge in [-0.3, -0.25) is 4.79 Å². The van der Waals surface area contributed by atoms with E-state index in [0.29, 0.717) is 25.6 Å².